The maximum atomic E-state index is 11.3. The van der Waals surface area contributed by atoms with Gasteiger partial charge in [0.25, 0.3) is 5.91 Å². The second kappa shape index (κ2) is 5.09. The van der Waals surface area contributed by atoms with Crippen LogP contribution in [0, 0.1) is 6.92 Å². The summed E-state index contributed by atoms with van der Waals surface area (Å²) >= 11 is 12.9. The van der Waals surface area contributed by atoms with Crippen LogP contribution in [0.1, 0.15) is 15.9 Å². The van der Waals surface area contributed by atoms with Crippen LogP contribution in [0.2, 0.25) is 10.3 Å². The predicted molar refractivity (Wildman–Crippen MR) is 72.9 cm³/mol. The Balaban J connectivity index is 2.40. The largest absolute Gasteiger partial charge is 0.365 e. The maximum absolute atomic E-state index is 11.3. The van der Waals surface area contributed by atoms with Gasteiger partial charge in [0.15, 0.2) is 5.82 Å². The molecule has 0 aliphatic heterocycles. The van der Waals surface area contributed by atoms with Gasteiger partial charge in [-0.05, 0) is 29.5 Å². The normalized spacial score (nSPS) is 10.4. The van der Waals surface area contributed by atoms with Crippen LogP contribution in [0.5, 0.6) is 0 Å². The van der Waals surface area contributed by atoms with Crippen molar-refractivity contribution < 1.29 is 4.79 Å². The van der Waals surface area contributed by atoms with E-state index in [0.29, 0.717) is 21.4 Å². The van der Waals surface area contributed by atoms with Gasteiger partial charge in [-0.15, -0.1) is 11.3 Å². The second-order valence-corrected chi connectivity index (χ2v) is 5.07. The minimum absolute atomic E-state index is 0.0656. The Bertz CT molecular complexity index is 614. The molecule has 0 fully saturated rings. The SMILES string of the molecule is Cc1csc(Nc2nc(Cl)ncc2Cl)c1C(N)=O. The number of aromatic nitrogens is 2. The molecule has 2 aromatic heterocycles. The fraction of sp³-hybridized carbons (Fsp3) is 0.100. The molecule has 1 amide bonds. The predicted octanol–water partition coefficient (Wildman–Crippen LogP) is 3.00. The zero-order valence-corrected chi connectivity index (χ0v) is 11.5. The third-order valence-electron chi connectivity index (χ3n) is 2.17. The van der Waals surface area contributed by atoms with Crippen molar-refractivity contribution in [3.63, 3.8) is 0 Å². The number of hydrogen-bond donors (Lipinski definition) is 2. The molecule has 2 rings (SSSR count). The van der Waals surface area contributed by atoms with Gasteiger partial charge in [0.2, 0.25) is 5.28 Å². The van der Waals surface area contributed by atoms with Crippen molar-refractivity contribution in [1.29, 1.82) is 0 Å². The van der Waals surface area contributed by atoms with Crippen LogP contribution in [0.3, 0.4) is 0 Å². The lowest BCUT2D eigenvalue weighted by atomic mass is 10.2. The van der Waals surface area contributed by atoms with Crippen LogP contribution in [0.4, 0.5) is 10.8 Å². The number of carbonyl (C=O) groups excluding carboxylic acids is 1. The summed E-state index contributed by atoms with van der Waals surface area (Å²) in [7, 11) is 0. The van der Waals surface area contributed by atoms with E-state index in [1.807, 2.05) is 5.38 Å². The summed E-state index contributed by atoms with van der Waals surface area (Å²) < 4.78 is 0. The summed E-state index contributed by atoms with van der Waals surface area (Å²) in [5.41, 5.74) is 6.54. The Morgan fingerprint density at radius 2 is 2.22 bits per heavy atom. The smallest absolute Gasteiger partial charge is 0.251 e. The zero-order valence-electron chi connectivity index (χ0n) is 9.20. The Morgan fingerprint density at radius 3 is 2.89 bits per heavy atom. The monoisotopic (exact) mass is 302 g/mol. The number of primary amides is 1. The maximum Gasteiger partial charge on any atom is 0.251 e. The van der Waals surface area contributed by atoms with Crippen LogP contribution in [-0.4, -0.2) is 15.9 Å². The number of rotatable bonds is 3. The molecule has 0 atom stereocenters. The molecule has 2 heterocycles. The topological polar surface area (TPSA) is 80.9 Å². The molecular weight excluding hydrogens is 295 g/mol. The highest BCUT2D eigenvalue weighted by atomic mass is 35.5. The average molecular weight is 303 g/mol. The lowest BCUT2D eigenvalue weighted by Gasteiger charge is -2.07. The van der Waals surface area contributed by atoms with Gasteiger partial charge in [-0.2, -0.15) is 4.98 Å². The molecule has 0 bridgehead atoms. The fourth-order valence-electron chi connectivity index (χ4n) is 1.38. The molecule has 0 aromatic carbocycles. The fourth-order valence-corrected chi connectivity index (χ4v) is 2.60. The van der Waals surface area contributed by atoms with Crippen LogP contribution in [0.15, 0.2) is 11.6 Å². The first-order chi connectivity index (χ1) is 8.49. The van der Waals surface area contributed by atoms with Crippen LogP contribution in [-0.2, 0) is 0 Å². The first-order valence-corrected chi connectivity index (χ1v) is 6.45. The van der Waals surface area contributed by atoms with E-state index in [1.54, 1.807) is 6.92 Å². The molecule has 2 aromatic rings. The molecule has 8 heteroatoms. The Morgan fingerprint density at radius 1 is 1.50 bits per heavy atom. The van der Waals surface area contributed by atoms with E-state index in [1.165, 1.54) is 17.5 Å². The molecule has 3 N–H and O–H groups in total. The molecule has 18 heavy (non-hydrogen) atoms. The molecule has 0 radical (unpaired) electrons. The van der Waals surface area contributed by atoms with Crippen molar-refractivity contribution in [3.05, 3.63) is 33.0 Å². The second-order valence-electron chi connectivity index (χ2n) is 3.45. The minimum atomic E-state index is -0.507. The summed E-state index contributed by atoms with van der Waals surface area (Å²) in [5, 5.41) is 5.70. The summed E-state index contributed by atoms with van der Waals surface area (Å²) in [6.07, 6.45) is 1.38. The number of hydrogen-bond acceptors (Lipinski definition) is 5. The Hall–Kier alpha value is -1.37. The number of nitrogens with one attached hydrogen (secondary N) is 1. The van der Waals surface area contributed by atoms with Gasteiger partial charge in [0, 0.05) is 0 Å². The third kappa shape index (κ3) is 2.55. The highest BCUT2D eigenvalue weighted by molar-refractivity contribution is 7.14. The number of nitrogens with zero attached hydrogens (tertiary/aromatic N) is 2. The Labute approximate surface area is 117 Å². The van der Waals surface area contributed by atoms with Gasteiger partial charge in [-0.1, -0.05) is 11.6 Å². The standard InChI is InChI=1S/C10H8Cl2N4OS/c1-4-3-18-9(6(4)7(13)17)15-8-5(11)2-14-10(12)16-8/h2-3H,1H3,(H2,13,17)(H,14,15,16). The van der Waals surface area contributed by atoms with Gasteiger partial charge < -0.3 is 11.1 Å². The van der Waals surface area contributed by atoms with Crippen molar-refractivity contribution in [2.24, 2.45) is 5.73 Å². The zero-order chi connectivity index (χ0) is 13.3. The third-order valence-corrected chi connectivity index (χ3v) is 3.64. The van der Waals surface area contributed by atoms with Gasteiger partial charge in [0.1, 0.15) is 10.0 Å². The number of carbonyl (C=O) groups is 1. The quantitative estimate of drug-likeness (QED) is 0.854. The molecule has 0 saturated carbocycles. The van der Waals surface area contributed by atoms with E-state index >= 15 is 0 Å². The van der Waals surface area contributed by atoms with E-state index in [4.69, 9.17) is 28.9 Å². The van der Waals surface area contributed by atoms with E-state index in [0.717, 1.165) is 5.56 Å². The van der Waals surface area contributed by atoms with Crippen molar-refractivity contribution in [2.75, 3.05) is 5.32 Å². The van der Waals surface area contributed by atoms with Crippen LogP contribution < -0.4 is 11.1 Å². The number of nitrogens with two attached hydrogens (primary N) is 1. The van der Waals surface area contributed by atoms with Gasteiger partial charge >= 0.3 is 0 Å². The summed E-state index contributed by atoms with van der Waals surface area (Å²) in [6.45, 7) is 1.80. The number of amides is 1. The summed E-state index contributed by atoms with van der Waals surface area (Å²) in [6, 6.07) is 0. The number of thiophene rings is 1. The molecule has 0 aliphatic carbocycles. The molecule has 0 unspecified atom stereocenters. The van der Waals surface area contributed by atoms with E-state index in [-0.39, 0.29) is 5.28 Å². The molecule has 0 saturated heterocycles. The highest BCUT2D eigenvalue weighted by Gasteiger charge is 2.15. The van der Waals surface area contributed by atoms with Gasteiger partial charge in [-0.25, -0.2) is 4.98 Å². The molecule has 94 valence electrons. The van der Waals surface area contributed by atoms with Crippen LogP contribution >= 0.6 is 34.5 Å². The lowest BCUT2D eigenvalue weighted by Crippen LogP contribution is -2.13. The summed E-state index contributed by atoms with van der Waals surface area (Å²) in [4.78, 5) is 19.0. The molecule has 0 aliphatic rings. The highest BCUT2D eigenvalue weighted by Crippen LogP contribution is 2.32. The van der Waals surface area contributed by atoms with Crippen molar-refractivity contribution in [1.82, 2.24) is 9.97 Å². The van der Waals surface area contributed by atoms with Gasteiger partial charge in [0.05, 0.1) is 11.8 Å². The number of aryl methyl sites for hydroxylation is 1. The molecule has 5 nitrogen and oxygen atoms in total. The first kappa shape index (κ1) is 13.1. The van der Waals surface area contributed by atoms with Crippen molar-refractivity contribution in [3.8, 4) is 0 Å². The molecular formula is C10H8Cl2N4OS. The number of anilines is 2. The van der Waals surface area contributed by atoms with Crippen molar-refractivity contribution >= 4 is 51.3 Å². The first-order valence-electron chi connectivity index (χ1n) is 4.82. The van der Waals surface area contributed by atoms with E-state index in [2.05, 4.69) is 15.3 Å². The van der Waals surface area contributed by atoms with Gasteiger partial charge in [-0.3, -0.25) is 4.79 Å². The van der Waals surface area contributed by atoms with E-state index in [9.17, 15) is 4.79 Å². The summed E-state index contributed by atoms with van der Waals surface area (Å²) in [5.74, 6) is -0.173. The average Bonchev–Trinajstić information content (AvgIpc) is 2.65. The minimum Gasteiger partial charge on any atom is -0.365 e. The number of halogens is 2. The van der Waals surface area contributed by atoms with E-state index < -0.39 is 5.91 Å². The lowest BCUT2D eigenvalue weighted by molar-refractivity contribution is 0.100. The van der Waals surface area contributed by atoms with Crippen LogP contribution in [0.25, 0.3) is 0 Å². The Kier molecular flexibility index (Phi) is 3.70. The molecule has 0 spiro atoms. The van der Waals surface area contributed by atoms with Crippen molar-refractivity contribution in [2.45, 2.75) is 6.92 Å².